The molecule has 1 N–H and O–H groups in total. The van der Waals surface area contributed by atoms with Gasteiger partial charge in [-0.3, -0.25) is 4.57 Å². The molecular formula is C23H39N2O2P. The van der Waals surface area contributed by atoms with E-state index >= 15 is 0 Å². The molecule has 3 rings (SSSR count). The van der Waals surface area contributed by atoms with Crippen LogP contribution in [0.3, 0.4) is 0 Å². The van der Waals surface area contributed by atoms with Gasteiger partial charge in [0.15, 0.2) is 5.85 Å². The molecule has 0 amide bonds. The molecular weight excluding hydrogens is 367 g/mol. The molecule has 1 aliphatic carbocycles. The fourth-order valence-electron chi connectivity index (χ4n) is 4.87. The molecule has 1 aromatic carbocycles. The first-order valence-corrected chi connectivity index (χ1v) is 12.5. The Morgan fingerprint density at radius 1 is 0.929 bits per heavy atom. The third-order valence-corrected chi connectivity index (χ3v) is 9.17. The second-order valence-corrected chi connectivity index (χ2v) is 13.8. The van der Waals surface area contributed by atoms with Crippen molar-refractivity contribution in [3.63, 3.8) is 0 Å². The van der Waals surface area contributed by atoms with Crippen LogP contribution in [0.5, 0.6) is 0 Å². The maximum Gasteiger partial charge on any atom is 0.249 e. The van der Waals surface area contributed by atoms with Gasteiger partial charge in [-0.25, -0.2) is 9.34 Å². The average Bonchev–Trinajstić information content (AvgIpc) is 2.83. The van der Waals surface area contributed by atoms with E-state index in [4.69, 9.17) is 0 Å². The highest BCUT2D eigenvalue weighted by Crippen LogP contribution is 2.71. The molecule has 1 saturated heterocycles. The first kappa shape index (κ1) is 22.0. The molecule has 0 radical (unpaired) electrons. The highest BCUT2D eigenvalue weighted by Gasteiger charge is 2.59. The minimum absolute atomic E-state index is 0.0197. The number of hydrogen-bond acceptors (Lipinski definition) is 2. The van der Waals surface area contributed by atoms with E-state index < -0.39 is 13.3 Å². The van der Waals surface area contributed by atoms with Gasteiger partial charge in [-0.05, 0) is 29.2 Å². The van der Waals surface area contributed by atoms with Crippen LogP contribution < -0.4 is 0 Å². The first-order valence-electron chi connectivity index (χ1n) is 10.8. The van der Waals surface area contributed by atoms with Crippen molar-refractivity contribution >= 4 is 7.44 Å². The SMILES string of the molecule is CC(C)(C)CN1[C@@H]2CCCC[C@H]2N(CC(C)(C)C)P1(=O)C(O)c1ccccc1. The number of benzene rings is 1. The third kappa shape index (κ3) is 4.41. The van der Waals surface area contributed by atoms with Crippen molar-refractivity contribution in [2.75, 3.05) is 13.1 Å². The topological polar surface area (TPSA) is 43.8 Å². The van der Waals surface area contributed by atoms with Gasteiger partial charge in [0, 0.05) is 25.2 Å². The van der Waals surface area contributed by atoms with E-state index in [9.17, 15) is 9.67 Å². The standard InChI is InChI=1S/C23H39N2O2P/c1-22(2,3)16-24-19-14-10-11-15-20(19)25(17-23(4,5)6)28(24,27)21(26)18-12-8-7-9-13-18/h7-9,12-13,19-21,26H,10-11,14-17H2,1-6H3/t19-,20-,21?/m1/s1. The molecule has 0 aromatic heterocycles. The van der Waals surface area contributed by atoms with Crippen molar-refractivity contribution in [1.29, 1.82) is 0 Å². The van der Waals surface area contributed by atoms with Crippen molar-refractivity contribution in [1.82, 2.24) is 9.34 Å². The zero-order valence-corrected chi connectivity index (χ0v) is 19.5. The van der Waals surface area contributed by atoms with E-state index in [0.29, 0.717) is 0 Å². The lowest BCUT2D eigenvalue weighted by Crippen LogP contribution is -2.43. The summed E-state index contributed by atoms with van der Waals surface area (Å²) in [6, 6.07) is 10.2. The fraction of sp³-hybridized carbons (Fsp3) is 0.739. The van der Waals surface area contributed by atoms with Crippen LogP contribution in [0.4, 0.5) is 0 Å². The van der Waals surface area contributed by atoms with E-state index in [0.717, 1.165) is 31.5 Å². The van der Waals surface area contributed by atoms with Gasteiger partial charge in [0.2, 0.25) is 7.44 Å². The maximum atomic E-state index is 14.9. The van der Waals surface area contributed by atoms with Crippen LogP contribution in [0, 0.1) is 10.8 Å². The Morgan fingerprint density at radius 2 is 1.36 bits per heavy atom. The van der Waals surface area contributed by atoms with Crippen molar-refractivity contribution in [3.8, 4) is 0 Å². The van der Waals surface area contributed by atoms with Gasteiger partial charge in [-0.1, -0.05) is 84.7 Å². The lowest BCUT2D eigenvalue weighted by atomic mass is 9.87. The minimum Gasteiger partial charge on any atom is -0.378 e. The molecule has 2 aliphatic rings. The van der Waals surface area contributed by atoms with Crippen LogP contribution >= 0.6 is 7.44 Å². The molecule has 28 heavy (non-hydrogen) atoms. The van der Waals surface area contributed by atoms with Crippen molar-refractivity contribution < 1.29 is 9.67 Å². The Balaban J connectivity index is 2.10. The zero-order chi connectivity index (χ0) is 20.7. The summed E-state index contributed by atoms with van der Waals surface area (Å²) in [4.78, 5) is 0. The summed E-state index contributed by atoms with van der Waals surface area (Å²) in [6.45, 7) is 14.7. The highest BCUT2D eigenvalue weighted by atomic mass is 31.2. The molecule has 1 aliphatic heterocycles. The summed E-state index contributed by atoms with van der Waals surface area (Å²) in [5.74, 6) is -0.969. The Morgan fingerprint density at radius 3 is 1.75 bits per heavy atom. The molecule has 1 unspecified atom stereocenters. The molecule has 3 atom stereocenters. The molecule has 4 nitrogen and oxygen atoms in total. The largest absolute Gasteiger partial charge is 0.378 e. The molecule has 1 heterocycles. The van der Waals surface area contributed by atoms with Crippen LogP contribution in [0.1, 0.15) is 78.6 Å². The minimum atomic E-state index is -3.18. The number of rotatable bonds is 4. The van der Waals surface area contributed by atoms with E-state index in [2.05, 4.69) is 50.9 Å². The van der Waals surface area contributed by atoms with Crippen molar-refractivity contribution in [2.24, 2.45) is 10.8 Å². The van der Waals surface area contributed by atoms with E-state index in [-0.39, 0.29) is 22.9 Å². The van der Waals surface area contributed by atoms with Crippen molar-refractivity contribution in [3.05, 3.63) is 35.9 Å². The molecule has 0 bridgehead atoms. The van der Waals surface area contributed by atoms with Gasteiger partial charge in [-0.2, -0.15) is 0 Å². The average molecular weight is 407 g/mol. The van der Waals surface area contributed by atoms with Crippen LogP contribution in [-0.2, 0) is 4.57 Å². The van der Waals surface area contributed by atoms with Crippen LogP contribution in [0.2, 0.25) is 0 Å². The molecule has 5 heteroatoms. The van der Waals surface area contributed by atoms with Gasteiger partial charge >= 0.3 is 0 Å². The van der Waals surface area contributed by atoms with Crippen LogP contribution in [0.15, 0.2) is 30.3 Å². The third-order valence-electron chi connectivity index (χ3n) is 5.88. The van der Waals surface area contributed by atoms with Crippen LogP contribution in [-0.4, -0.2) is 39.6 Å². The smallest absolute Gasteiger partial charge is 0.249 e. The van der Waals surface area contributed by atoms with Gasteiger partial charge in [-0.15, -0.1) is 0 Å². The maximum absolute atomic E-state index is 14.9. The monoisotopic (exact) mass is 406 g/mol. The second-order valence-electron chi connectivity index (χ2n) is 11.1. The Labute approximate surface area is 171 Å². The second kappa shape index (κ2) is 7.87. The van der Waals surface area contributed by atoms with Gasteiger partial charge < -0.3 is 5.11 Å². The quantitative estimate of drug-likeness (QED) is 0.633. The number of fused-ring (bicyclic) bond motifs is 1. The van der Waals surface area contributed by atoms with Crippen molar-refractivity contribution in [2.45, 2.75) is 85.2 Å². The highest BCUT2D eigenvalue weighted by molar-refractivity contribution is 7.59. The van der Waals surface area contributed by atoms with Gasteiger partial charge in [0.1, 0.15) is 0 Å². The number of aliphatic hydroxyl groups is 1. The fourth-order valence-corrected chi connectivity index (χ4v) is 8.93. The van der Waals surface area contributed by atoms with Gasteiger partial charge in [0.05, 0.1) is 0 Å². The lowest BCUT2D eigenvalue weighted by molar-refractivity contribution is 0.159. The number of nitrogens with zero attached hydrogens (tertiary/aromatic N) is 2. The predicted molar refractivity (Wildman–Crippen MR) is 117 cm³/mol. The first-order chi connectivity index (χ1) is 12.9. The summed E-state index contributed by atoms with van der Waals surface area (Å²) >= 11 is 0. The van der Waals surface area contributed by atoms with Crippen LogP contribution in [0.25, 0.3) is 0 Å². The Bertz CT molecular complexity index is 672. The number of hydrogen-bond donors (Lipinski definition) is 1. The molecule has 158 valence electrons. The number of aliphatic hydroxyl groups excluding tert-OH is 1. The molecule has 0 spiro atoms. The molecule has 2 fully saturated rings. The summed E-state index contributed by atoms with van der Waals surface area (Å²) in [7, 11) is -3.18. The molecule has 1 aromatic rings. The summed E-state index contributed by atoms with van der Waals surface area (Å²) in [5, 5.41) is 11.5. The summed E-state index contributed by atoms with van der Waals surface area (Å²) in [5.41, 5.74) is 0.805. The Kier molecular flexibility index (Phi) is 6.19. The van der Waals surface area contributed by atoms with E-state index in [1.165, 1.54) is 12.8 Å². The molecule has 1 saturated carbocycles. The summed E-state index contributed by atoms with van der Waals surface area (Å²) in [6.07, 6.45) is 4.53. The normalized spacial score (nSPS) is 27.5. The van der Waals surface area contributed by atoms with E-state index in [1.807, 2.05) is 30.3 Å². The summed E-state index contributed by atoms with van der Waals surface area (Å²) < 4.78 is 19.4. The van der Waals surface area contributed by atoms with E-state index in [1.54, 1.807) is 0 Å². The Hall–Kier alpha value is -0.670. The lowest BCUT2D eigenvalue weighted by Gasteiger charge is -2.40. The predicted octanol–water partition coefficient (Wildman–Crippen LogP) is 5.89. The zero-order valence-electron chi connectivity index (χ0n) is 18.6. The van der Waals surface area contributed by atoms with Gasteiger partial charge in [0.25, 0.3) is 0 Å².